The lowest BCUT2D eigenvalue weighted by Crippen LogP contribution is -2.25. The molecule has 4 nitrogen and oxygen atoms in total. The lowest BCUT2D eigenvalue weighted by Gasteiger charge is -2.28. The maximum Gasteiger partial charge on any atom is 0.310 e. The molecule has 2 rings (SSSR count). The SMILES string of the molecule is CCC1CCCC(Oc2cc(CBr)ccc2[N+](=O)[O-])C1. The third-order valence-electron chi connectivity index (χ3n) is 3.98. The predicted octanol–water partition coefficient (Wildman–Crippen LogP) is 4.84. The summed E-state index contributed by atoms with van der Waals surface area (Å²) >= 11 is 3.37. The molecule has 1 aliphatic rings. The fourth-order valence-corrected chi connectivity index (χ4v) is 3.13. The zero-order chi connectivity index (χ0) is 14.5. The molecule has 110 valence electrons. The molecule has 2 atom stereocenters. The third-order valence-corrected chi connectivity index (χ3v) is 4.63. The van der Waals surface area contributed by atoms with Gasteiger partial charge >= 0.3 is 5.69 Å². The summed E-state index contributed by atoms with van der Waals surface area (Å²) in [5.41, 5.74) is 1.06. The summed E-state index contributed by atoms with van der Waals surface area (Å²) in [7, 11) is 0. The molecule has 0 aliphatic heterocycles. The summed E-state index contributed by atoms with van der Waals surface area (Å²) in [4.78, 5) is 10.7. The van der Waals surface area contributed by atoms with Crippen LogP contribution in [0, 0.1) is 16.0 Å². The van der Waals surface area contributed by atoms with Crippen molar-refractivity contribution in [3.8, 4) is 5.75 Å². The van der Waals surface area contributed by atoms with Crippen molar-refractivity contribution < 1.29 is 9.66 Å². The van der Waals surface area contributed by atoms with Crippen molar-refractivity contribution in [3.63, 3.8) is 0 Å². The molecule has 0 bridgehead atoms. The van der Waals surface area contributed by atoms with E-state index >= 15 is 0 Å². The number of hydrogen-bond donors (Lipinski definition) is 0. The van der Waals surface area contributed by atoms with E-state index < -0.39 is 0 Å². The van der Waals surface area contributed by atoms with Crippen LogP contribution in [-0.2, 0) is 5.33 Å². The van der Waals surface area contributed by atoms with Crippen molar-refractivity contribution in [2.45, 2.75) is 50.5 Å². The van der Waals surface area contributed by atoms with Crippen molar-refractivity contribution in [1.82, 2.24) is 0 Å². The maximum absolute atomic E-state index is 11.1. The first-order valence-corrected chi connectivity index (χ1v) is 8.26. The van der Waals surface area contributed by atoms with Crippen molar-refractivity contribution in [3.05, 3.63) is 33.9 Å². The minimum atomic E-state index is -0.368. The van der Waals surface area contributed by atoms with Crippen LogP contribution in [0.5, 0.6) is 5.75 Å². The Kier molecular flexibility index (Phi) is 5.40. The number of ether oxygens (including phenoxy) is 1. The van der Waals surface area contributed by atoms with E-state index in [-0.39, 0.29) is 16.7 Å². The molecule has 20 heavy (non-hydrogen) atoms. The van der Waals surface area contributed by atoms with Gasteiger partial charge in [0, 0.05) is 11.4 Å². The second-order valence-electron chi connectivity index (χ2n) is 5.37. The van der Waals surface area contributed by atoms with Gasteiger partial charge in [-0.2, -0.15) is 0 Å². The summed E-state index contributed by atoms with van der Waals surface area (Å²) in [6.45, 7) is 2.20. The monoisotopic (exact) mass is 341 g/mol. The van der Waals surface area contributed by atoms with Crippen molar-refractivity contribution >= 4 is 21.6 Å². The molecule has 1 aromatic rings. The summed E-state index contributed by atoms with van der Waals surface area (Å²) < 4.78 is 5.96. The Balaban J connectivity index is 2.16. The topological polar surface area (TPSA) is 52.4 Å². The molecule has 2 unspecified atom stereocenters. The Hall–Kier alpha value is -1.10. The average molecular weight is 342 g/mol. The number of nitro groups is 1. The second kappa shape index (κ2) is 7.07. The highest BCUT2D eigenvalue weighted by Crippen LogP contribution is 2.34. The van der Waals surface area contributed by atoms with Gasteiger partial charge in [-0.15, -0.1) is 0 Å². The van der Waals surface area contributed by atoms with Gasteiger partial charge in [0.25, 0.3) is 0 Å². The van der Waals surface area contributed by atoms with E-state index in [1.54, 1.807) is 12.1 Å². The van der Waals surface area contributed by atoms with Crippen LogP contribution >= 0.6 is 15.9 Å². The normalized spacial score (nSPS) is 22.5. The van der Waals surface area contributed by atoms with Gasteiger partial charge in [-0.1, -0.05) is 41.8 Å². The maximum atomic E-state index is 11.1. The fourth-order valence-electron chi connectivity index (χ4n) is 2.79. The number of nitro benzene ring substituents is 1. The zero-order valence-corrected chi connectivity index (χ0v) is 13.3. The molecule has 0 N–H and O–H groups in total. The highest BCUT2D eigenvalue weighted by Gasteiger charge is 2.25. The molecule has 1 saturated carbocycles. The fraction of sp³-hybridized carbons (Fsp3) is 0.600. The van der Waals surface area contributed by atoms with Gasteiger partial charge in [-0.05, 0) is 36.8 Å². The largest absolute Gasteiger partial charge is 0.483 e. The molecular weight excluding hydrogens is 322 g/mol. The summed E-state index contributed by atoms with van der Waals surface area (Å²) in [5.74, 6) is 1.10. The van der Waals surface area contributed by atoms with Crippen molar-refractivity contribution in [2.24, 2.45) is 5.92 Å². The number of rotatable bonds is 5. The van der Waals surface area contributed by atoms with Gasteiger partial charge in [0.05, 0.1) is 11.0 Å². The Morgan fingerprint density at radius 2 is 2.25 bits per heavy atom. The molecule has 0 radical (unpaired) electrons. The molecule has 1 aromatic carbocycles. The average Bonchev–Trinajstić information content (AvgIpc) is 2.47. The standard InChI is InChI=1S/C15H20BrNO3/c1-2-11-4-3-5-13(8-11)20-15-9-12(10-16)6-7-14(15)17(18)19/h6-7,9,11,13H,2-5,8,10H2,1H3. The highest BCUT2D eigenvalue weighted by molar-refractivity contribution is 9.08. The third kappa shape index (κ3) is 3.72. The Morgan fingerprint density at radius 1 is 1.45 bits per heavy atom. The van der Waals surface area contributed by atoms with E-state index in [9.17, 15) is 10.1 Å². The highest BCUT2D eigenvalue weighted by atomic mass is 79.9. The zero-order valence-electron chi connectivity index (χ0n) is 11.7. The van der Waals surface area contributed by atoms with Crippen LogP contribution in [0.1, 0.15) is 44.6 Å². The van der Waals surface area contributed by atoms with E-state index in [1.807, 2.05) is 0 Å². The first-order valence-electron chi connectivity index (χ1n) is 7.14. The molecule has 0 amide bonds. The minimum Gasteiger partial charge on any atom is -0.483 e. The predicted molar refractivity (Wildman–Crippen MR) is 82.4 cm³/mol. The minimum absolute atomic E-state index is 0.0633. The molecule has 5 heteroatoms. The number of hydrogen-bond acceptors (Lipinski definition) is 3. The summed E-state index contributed by atoms with van der Waals surface area (Å²) in [6.07, 6.45) is 5.66. The number of halogens is 1. The van der Waals surface area contributed by atoms with Gasteiger partial charge in [0.1, 0.15) is 0 Å². The lowest BCUT2D eigenvalue weighted by molar-refractivity contribution is -0.386. The van der Waals surface area contributed by atoms with Crippen LogP contribution in [0.3, 0.4) is 0 Å². The molecule has 0 heterocycles. The summed E-state index contributed by atoms with van der Waals surface area (Å²) in [6, 6.07) is 5.07. The Labute approximate surface area is 127 Å². The van der Waals surface area contributed by atoms with E-state index in [2.05, 4.69) is 22.9 Å². The van der Waals surface area contributed by atoms with Gasteiger partial charge in [-0.3, -0.25) is 10.1 Å². The number of nitrogens with zero attached hydrogens (tertiary/aromatic N) is 1. The molecule has 0 aromatic heterocycles. The summed E-state index contributed by atoms with van der Waals surface area (Å²) in [5, 5.41) is 11.8. The van der Waals surface area contributed by atoms with Crippen LogP contribution < -0.4 is 4.74 Å². The number of alkyl halides is 1. The van der Waals surface area contributed by atoms with Crippen LogP contribution in [0.15, 0.2) is 18.2 Å². The molecular formula is C15H20BrNO3. The van der Waals surface area contributed by atoms with Crippen LogP contribution in [0.4, 0.5) is 5.69 Å². The molecule has 1 aliphatic carbocycles. The lowest BCUT2D eigenvalue weighted by atomic mass is 9.85. The molecule has 1 fully saturated rings. The van der Waals surface area contributed by atoms with Crippen LogP contribution in [0.25, 0.3) is 0 Å². The number of benzene rings is 1. The van der Waals surface area contributed by atoms with E-state index in [0.717, 1.165) is 31.2 Å². The first-order chi connectivity index (χ1) is 9.63. The van der Waals surface area contributed by atoms with Crippen molar-refractivity contribution in [1.29, 1.82) is 0 Å². The Bertz CT molecular complexity index is 478. The van der Waals surface area contributed by atoms with Crippen molar-refractivity contribution in [2.75, 3.05) is 0 Å². The van der Waals surface area contributed by atoms with E-state index in [0.29, 0.717) is 17.0 Å². The van der Waals surface area contributed by atoms with Crippen LogP contribution in [0.2, 0.25) is 0 Å². The smallest absolute Gasteiger partial charge is 0.310 e. The van der Waals surface area contributed by atoms with E-state index in [4.69, 9.17) is 4.74 Å². The van der Waals surface area contributed by atoms with E-state index in [1.165, 1.54) is 12.5 Å². The first kappa shape index (κ1) is 15.3. The quantitative estimate of drug-likeness (QED) is 0.437. The van der Waals surface area contributed by atoms with Gasteiger partial charge in [0.15, 0.2) is 5.75 Å². The van der Waals surface area contributed by atoms with Gasteiger partial charge in [0.2, 0.25) is 0 Å². The second-order valence-corrected chi connectivity index (χ2v) is 5.93. The Morgan fingerprint density at radius 3 is 2.90 bits per heavy atom. The molecule has 0 spiro atoms. The molecule has 0 saturated heterocycles. The van der Waals surface area contributed by atoms with Gasteiger partial charge in [-0.25, -0.2) is 0 Å². The van der Waals surface area contributed by atoms with Gasteiger partial charge < -0.3 is 4.74 Å². The van der Waals surface area contributed by atoms with Crippen LogP contribution in [-0.4, -0.2) is 11.0 Å².